The van der Waals surface area contributed by atoms with E-state index in [0.717, 1.165) is 0 Å². The molecule has 5 heteroatoms. The average molecular weight is 241 g/mol. The molecule has 0 aliphatic heterocycles. The molecule has 0 unspecified atom stereocenters. The molecule has 0 bridgehead atoms. The molecule has 2 N–H and O–H groups in total. The molecule has 0 atom stereocenters. The van der Waals surface area contributed by atoms with E-state index in [1.54, 1.807) is 6.07 Å². The van der Waals surface area contributed by atoms with Gasteiger partial charge in [0.15, 0.2) is 5.78 Å². The van der Waals surface area contributed by atoms with Crippen molar-refractivity contribution < 1.29 is 18.7 Å². The van der Waals surface area contributed by atoms with Crippen LogP contribution in [0.4, 0.5) is 4.39 Å². The largest absolute Gasteiger partial charge is 0.496 e. The molecule has 0 spiro atoms. The van der Waals surface area contributed by atoms with Crippen LogP contribution in [0, 0.1) is 5.82 Å². The van der Waals surface area contributed by atoms with Crippen molar-refractivity contribution in [2.45, 2.75) is 13.0 Å². The molecule has 1 aromatic carbocycles. The van der Waals surface area contributed by atoms with Crippen molar-refractivity contribution >= 4 is 5.78 Å². The molecule has 0 saturated carbocycles. The van der Waals surface area contributed by atoms with Crippen molar-refractivity contribution in [2.75, 3.05) is 20.8 Å². The molecule has 0 aliphatic rings. The number of hydrogen-bond donors (Lipinski definition) is 1. The summed E-state index contributed by atoms with van der Waals surface area (Å²) in [5.41, 5.74) is 5.56. The van der Waals surface area contributed by atoms with Crippen molar-refractivity contribution in [1.29, 1.82) is 0 Å². The molecule has 0 aromatic heterocycles. The third-order valence-corrected chi connectivity index (χ3v) is 2.38. The number of benzene rings is 1. The Bertz CT molecular complexity index is 407. The molecule has 0 saturated heterocycles. The molecule has 0 fully saturated rings. The molecular weight excluding hydrogens is 225 g/mol. The molecule has 94 valence electrons. The summed E-state index contributed by atoms with van der Waals surface area (Å²) in [6.07, 6.45) is 0.121. The number of halogens is 1. The van der Waals surface area contributed by atoms with Gasteiger partial charge in [-0.15, -0.1) is 0 Å². The van der Waals surface area contributed by atoms with Crippen LogP contribution < -0.4 is 10.5 Å². The zero-order valence-corrected chi connectivity index (χ0v) is 9.96. The van der Waals surface area contributed by atoms with Gasteiger partial charge in [0.25, 0.3) is 0 Å². The number of methoxy groups -OCH3 is 2. The van der Waals surface area contributed by atoms with Gasteiger partial charge < -0.3 is 15.2 Å². The molecule has 0 heterocycles. The minimum absolute atomic E-state index is 0.0308. The Morgan fingerprint density at radius 2 is 2.12 bits per heavy atom. The average Bonchev–Trinajstić information content (AvgIpc) is 2.32. The lowest BCUT2D eigenvalue weighted by Crippen LogP contribution is -2.11. The number of rotatable bonds is 6. The van der Waals surface area contributed by atoms with Gasteiger partial charge in [0, 0.05) is 13.5 Å². The summed E-state index contributed by atoms with van der Waals surface area (Å²) in [4.78, 5) is 11.6. The normalized spacial score (nSPS) is 10.4. The van der Waals surface area contributed by atoms with E-state index in [4.69, 9.17) is 15.2 Å². The van der Waals surface area contributed by atoms with Crippen LogP contribution in [0.1, 0.15) is 22.3 Å². The van der Waals surface area contributed by atoms with E-state index >= 15 is 0 Å². The Morgan fingerprint density at radius 3 is 2.65 bits per heavy atom. The smallest absolute Gasteiger partial charge is 0.167 e. The number of Topliss-reactive ketones (excluding diaryl/α,β-unsaturated/α-hetero) is 1. The van der Waals surface area contributed by atoms with E-state index in [2.05, 4.69) is 0 Å². The number of ketones is 1. The molecule has 17 heavy (non-hydrogen) atoms. The summed E-state index contributed by atoms with van der Waals surface area (Å²) in [6.45, 7) is 0.253. The van der Waals surface area contributed by atoms with Gasteiger partial charge in [-0.25, -0.2) is 4.39 Å². The first kappa shape index (κ1) is 13.6. The van der Waals surface area contributed by atoms with Gasteiger partial charge in [-0.05, 0) is 18.7 Å². The Hall–Kier alpha value is -1.46. The van der Waals surface area contributed by atoms with Crippen molar-refractivity contribution in [3.8, 4) is 5.75 Å². The molecule has 0 amide bonds. The van der Waals surface area contributed by atoms with Gasteiger partial charge in [0.05, 0.1) is 24.8 Å². The van der Waals surface area contributed by atoms with Crippen LogP contribution in [-0.4, -0.2) is 26.5 Å². The van der Waals surface area contributed by atoms with Crippen molar-refractivity contribution in [3.63, 3.8) is 0 Å². The van der Waals surface area contributed by atoms with Crippen molar-refractivity contribution in [2.24, 2.45) is 5.73 Å². The van der Waals surface area contributed by atoms with Crippen molar-refractivity contribution in [3.05, 3.63) is 29.1 Å². The highest BCUT2D eigenvalue weighted by Gasteiger charge is 2.18. The minimum atomic E-state index is -0.593. The quantitative estimate of drug-likeness (QED) is 0.767. The van der Waals surface area contributed by atoms with E-state index in [0.29, 0.717) is 5.75 Å². The highest BCUT2D eigenvalue weighted by Crippen LogP contribution is 2.25. The molecule has 0 radical (unpaired) electrons. The van der Waals surface area contributed by atoms with E-state index in [9.17, 15) is 9.18 Å². The Morgan fingerprint density at radius 1 is 1.41 bits per heavy atom. The summed E-state index contributed by atoms with van der Waals surface area (Å²) in [5, 5.41) is 0. The molecule has 1 rings (SSSR count). The Kier molecular flexibility index (Phi) is 5.06. The van der Waals surface area contributed by atoms with Gasteiger partial charge in [-0.1, -0.05) is 0 Å². The summed E-state index contributed by atoms with van der Waals surface area (Å²) < 4.78 is 24.0. The van der Waals surface area contributed by atoms with Gasteiger partial charge in [0.2, 0.25) is 0 Å². The minimum Gasteiger partial charge on any atom is -0.496 e. The maximum absolute atomic E-state index is 14.1. The fourth-order valence-electron chi connectivity index (χ4n) is 1.55. The second kappa shape index (κ2) is 6.32. The molecule has 4 nitrogen and oxygen atoms in total. The first-order valence-electron chi connectivity index (χ1n) is 5.23. The predicted octanol–water partition coefficient (Wildman–Crippen LogP) is 1.51. The summed E-state index contributed by atoms with van der Waals surface area (Å²) in [5.74, 6) is -0.539. The summed E-state index contributed by atoms with van der Waals surface area (Å²) in [6, 6.07) is 2.96. The standard InChI is InChI=1S/C12H16FNO3/c1-16-7-9-11(17-2)4-3-8(12(9)13)10(15)5-6-14/h3-4H,5-7,14H2,1-2H3. The number of nitrogens with two attached hydrogens (primary N) is 1. The highest BCUT2D eigenvalue weighted by molar-refractivity contribution is 5.96. The van der Waals surface area contributed by atoms with Crippen LogP contribution in [0.5, 0.6) is 5.75 Å². The molecule has 1 aromatic rings. The molecule has 0 aliphatic carbocycles. The van der Waals surface area contributed by atoms with E-state index in [-0.39, 0.29) is 36.5 Å². The maximum atomic E-state index is 14.1. The molecular formula is C12H16FNO3. The van der Waals surface area contributed by atoms with E-state index < -0.39 is 5.82 Å². The number of carbonyl (C=O) groups excluding carboxylic acids is 1. The van der Waals surface area contributed by atoms with Gasteiger partial charge in [-0.2, -0.15) is 0 Å². The SMILES string of the molecule is COCc1c(OC)ccc(C(=O)CCN)c1F. The fourth-order valence-corrected chi connectivity index (χ4v) is 1.55. The van der Waals surface area contributed by atoms with Crippen LogP contribution in [0.2, 0.25) is 0 Å². The van der Waals surface area contributed by atoms with Crippen LogP contribution in [0.3, 0.4) is 0 Å². The van der Waals surface area contributed by atoms with Gasteiger partial charge in [0.1, 0.15) is 11.6 Å². The lowest BCUT2D eigenvalue weighted by Gasteiger charge is -2.11. The first-order valence-corrected chi connectivity index (χ1v) is 5.23. The first-order chi connectivity index (χ1) is 8.15. The third-order valence-electron chi connectivity index (χ3n) is 2.38. The zero-order chi connectivity index (χ0) is 12.8. The van der Waals surface area contributed by atoms with E-state index in [1.165, 1.54) is 20.3 Å². The zero-order valence-electron chi connectivity index (χ0n) is 9.96. The number of hydrogen-bond acceptors (Lipinski definition) is 4. The van der Waals surface area contributed by atoms with Crippen LogP contribution >= 0.6 is 0 Å². The monoisotopic (exact) mass is 241 g/mol. The van der Waals surface area contributed by atoms with Crippen LogP contribution in [0.25, 0.3) is 0 Å². The number of ether oxygens (including phenoxy) is 2. The van der Waals surface area contributed by atoms with E-state index in [1.807, 2.05) is 0 Å². The maximum Gasteiger partial charge on any atom is 0.167 e. The lowest BCUT2D eigenvalue weighted by atomic mass is 10.0. The van der Waals surface area contributed by atoms with Crippen LogP contribution in [0.15, 0.2) is 12.1 Å². The fraction of sp³-hybridized carbons (Fsp3) is 0.417. The van der Waals surface area contributed by atoms with Crippen LogP contribution in [-0.2, 0) is 11.3 Å². The predicted molar refractivity (Wildman–Crippen MR) is 61.7 cm³/mol. The Balaban J connectivity index is 3.17. The van der Waals surface area contributed by atoms with Crippen molar-refractivity contribution in [1.82, 2.24) is 0 Å². The summed E-state index contributed by atoms with van der Waals surface area (Å²) >= 11 is 0. The van der Waals surface area contributed by atoms with Gasteiger partial charge >= 0.3 is 0 Å². The van der Waals surface area contributed by atoms with Gasteiger partial charge in [-0.3, -0.25) is 4.79 Å². The number of carbonyl (C=O) groups is 1. The third kappa shape index (κ3) is 3.01. The topological polar surface area (TPSA) is 61.5 Å². The highest BCUT2D eigenvalue weighted by atomic mass is 19.1. The lowest BCUT2D eigenvalue weighted by molar-refractivity contribution is 0.0980. The Labute approximate surface area is 99.5 Å². The summed E-state index contributed by atoms with van der Waals surface area (Å²) in [7, 11) is 2.89. The second-order valence-electron chi connectivity index (χ2n) is 3.50. The second-order valence-corrected chi connectivity index (χ2v) is 3.50.